The molecule has 0 aliphatic carbocycles. The van der Waals surface area contributed by atoms with Crippen LogP contribution in [0.1, 0.15) is 27.0 Å². The average molecular weight is 545 g/mol. The van der Waals surface area contributed by atoms with Crippen molar-refractivity contribution in [2.24, 2.45) is 0 Å². The van der Waals surface area contributed by atoms with E-state index in [0.717, 1.165) is 39.2 Å². The summed E-state index contributed by atoms with van der Waals surface area (Å²) in [6.07, 6.45) is 1.73. The molecule has 1 saturated heterocycles. The van der Waals surface area contributed by atoms with Crippen LogP contribution >= 0.6 is 35.6 Å². The van der Waals surface area contributed by atoms with Crippen molar-refractivity contribution in [3.8, 4) is 5.75 Å². The van der Waals surface area contributed by atoms with E-state index in [9.17, 15) is 9.59 Å². The minimum absolute atomic E-state index is 0.239. The summed E-state index contributed by atoms with van der Waals surface area (Å²) in [6.45, 7) is 2.33. The lowest BCUT2D eigenvalue weighted by Crippen LogP contribution is -2.44. The van der Waals surface area contributed by atoms with Crippen LogP contribution in [0.3, 0.4) is 0 Å². The van der Waals surface area contributed by atoms with Crippen molar-refractivity contribution in [1.82, 2.24) is 10.4 Å². The monoisotopic (exact) mass is 544 g/mol. The summed E-state index contributed by atoms with van der Waals surface area (Å²) in [7, 11) is 0. The molecular weight excluding hydrogens is 524 g/mol. The number of hydrogen-bond donors (Lipinski definition) is 1. The molecule has 4 aromatic carbocycles. The molecule has 0 saturated carbocycles. The Bertz CT molecular complexity index is 1570. The molecule has 0 bridgehead atoms. The maximum atomic E-state index is 12.9. The summed E-state index contributed by atoms with van der Waals surface area (Å²) < 4.78 is 6.18. The molecule has 5 rings (SSSR count). The van der Waals surface area contributed by atoms with Crippen LogP contribution in [0, 0.1) is 6.92 Å². The number of nitrogens with zero attached hydrogens (tertiary/aromatic N) is 1. The lowest BCUT2D eigenvalue weighted by atomic mass is 10.1. The third-order valence-corrected chi connectivity index (χ3v) is 7.39. The number of thioether (sulfide) groups is 1. The van der Waals surface area contributed by atoms with E-state index < -0.39 is 11.8 Å². The first kappa shape index (κ1) is 25.0. The number of hydrogen-bond acceptors (Lipinski definition) is 5. The molecule has 1 aliphatic rings. The van der Waals surface area contributed by atoms with Crippen molar-refractivity contribution < 1.29 is 14.3 Å². The summed E-state index contributed by atoms with van der Waals surface area (Å²) in [5.41, 5.74) is 5.65. The van der Waals surface area contributed by atoms with Crippen molar-refractivity contribution >= 4 is 68.6 Å². The molecule has 1 heterocycles. The Morgan fingerprint density at radius 2 is 1.78 bits per heavy atom. The van der Waals surface area contributed by atoms with Gasteiger partial charge in [-0.1, -0.05) is 78.0 Å². The standard InChI is InChI=1S/C29H21ClN2O3S2/c1-18-6-13-24(25(30)14-18)27(33)31-32-28(34)26(37-29(32)36)16-19-8-11-23(12-9-19)35-17-20-7-10-21-4-2-3-5-22(21)15-20/h2-16H,17H2,1H3,(H,31,33)/b26-16-. The van der Waals surface area contributed by atoms with Gasteiger partial charge in [0.1, 0.15) is 12.4 Å². The fourth-order valence-corrected chi connectivity index (χ4v) is 5.34. The van der Waals surface area contributed by atoms with Gasteiger partial charge in [-0.2, -0.15) is 5.01 Å². The largest absolute Gasteiger partial charge is 0.489 e. The van der Waals surface area contributed by atoms with Gasteiger partial charge in [-0.15, -0.1) is 0 Å². The number of nitrogens with one attached hydrogen (secondary N) is 1. The highest BCUT2D eigenvalue weighted by molar-refractivity contribution is 8.26. The van der Waals surface area contributed by atoms with Crippen LogP contribution in [-0.2, 0) is 11.4 Å². The summed E-state index contributed by atoms with van der Waals surface area (Å²) in [6, 6.07) is 27.0. The van der Waals surface area contributed by atoms with Gasteiger partial charge in [0.25, 0.3) is 11.8 Å². The maximum Gasteiger partial charge on any atom is 0.285 e. The SMILES string of the molecule is Cc1ccc(C(=O)NN2C(=O)/C(=C/c3ccc(OCc4ccc5ccccc5c4)cc3)SC2=S)c(Cl)c1. The smallest absolute Gasteiger partial charge is 0.285 e. The average Bonchev–Trinajstić information content (AvgIpc) is 3.15. The van der Waals surface area contributed by atoms with Gasteiger partial charge in [-0.3, -0.25) is 15.0 Å². The van der Waals surface area contributed by atoms with E-state index in [1.807, 2.05) is 43.3 Å². The lowest BCUT2D eigenvalue weighted by Gasteiger charge is -2.16. The number of carbonyl (C=O) groups excluding carboxylic acids is 2. The molecule has 2 amide bonds. The molecule has 1 aliphatic heterocycles. The van der Waals surface area contributed by atoms with Gasteiger partial charge >= 0.3 is 0 Å². The van der Waals surface area contributed by atoms with Gasteiger partial charge in [0, 0.05) is 0 Å². The van der Waals surface area contributed by atoms with Gasteiger partial charge in [0.2, 0.25) is 0 Å². The lowest BCUT2D eigenvalue weighted by molar-refractivity contribution is -0.123. The van der Waals surface area contributed by atoms with E-state index in [1.165, 1.54) is 10.8 Å². The number of thiocarbonyl (C=S) groups is 1. The first-order valence-electron chi connectivity index (χ1n) is 11.4. The second-order valence-electron chi connectivity index (χ2n) is 8.48. The van der Waals surface area contributed by atoms with Crippen LogP contribution in [0.5, 0.6) is 5.75 Å². The third-order valence-electron chi connectivity index (χ3n) is 5.77. The zero-order chi connectivity index (χ0) is 25.9. The van der Waals surface area contributed by atoms with Crippen LogP contribution in [0.25, 0.3) is 16.8 Å². The van der Waals surface area contributed by atoms with Gasteiger partial charge < -0.3 is 4.74 Å². The van der Waals surface area contributed by atoms with E-state index in [0.29, 0.717) is 16.5 Å². The predicted molar refractivity (Wildman–Crippen MR) is 153 cm³/mol. The summed E-state index contributed by atoms with van der Waals surface area (Å²) in [4.78, 5) is 26.0. The molecule has 37 heavy (non-hydrogen) atoms. The molecule has 0 spiro atoms. The number of carbonyl (C=O) groups is 2. The van der Waals surface area contributed by atoms with Gasteiger partial charge in [-0.05, 0) is 83.0 Å². The molecule has 5 nitrogen and oxygen atoms in total. The zero-order valence-electron chi connectivity index (χ0n) is 19.7. The van der Waals surface area contributed by atoms with Crippen LogP contribution in [0.2, 0.25) is 5.02 Å². The molecule has 4 aromatic rings. The number of benzene rings is 4. The number of halogens is 1. The Labute approximate surface area is 229 Å². The van der Waals surface area contributed by atoms with Gasteiger partial charge in [-0.25, -0.2) is 0 Å². The van der Waals surface area contributed by atoms with Gasteiger partial charge in [0.05, 0.1) is 15.5 Å². The molecule has 0 unspecified atom stereocenters. The topological polar surface area (TPSA) is 58.6 Å². The molecule has 0 aromatic heterocycles. The van der Waals surface area contributed by atoms with Crippen molar-refractivity contribution in [1.29, 1.82) is 0 Å². The highest BCUT2D eigenvalue weighted by Crippen LogP contribution is 2.32. The van der Waals surface area contributed by atoms with Crippen LogP contribution in [-0.4, -0.2) is 21.1 Å². The Kier molecular flexibility index (Phi) is 7.28. The molecule has 8 heteroatoms. The normalized spacial score (nSPS) is 14.4. The predicted octanol–water partition coefficient (Wildman–Crippen LogP) is 6.93. The van der Waals surface area contributed by atoms with Crippen LogP contribution in [0.4, 0.5) is 0 Å². The van der Waals surface area contributed by atoms with Crippen molar-refractivity contribution in [3.05, 3.63) is 117 Å². The number of fused-ring (bicyclic) bond motifs is 1. The molecule has 1 fully saturated rings. The first-order chi connectivity index (χ1) is 17.9. The van der Waals surface area contributed by atoms with E-state index in [-0.39, 0.29) is 9.88 Å². The Hall–Kier alpha value is -3.65. The Morgan fingerprint density at radius 1 is 1.03 bits per heavy atom. The number of amides is 2. The van der Waals surface area contributed by atoms with E-state index in [4.69, 9.17) is 28.6 Å². The highest BCUT2D eigenvalue weighted by atomic mass is 35.5. The van der Waals surface area contributed by atoms with Crippen molar-refractivity contribution in [3.63, 3.8) is 0 Å². The van der Waals surface area contributed by atoms with E-state index in [2.05, 4.69) is 35.8 Å². The quantitative estimate of drug-likeness (QED) is 0.211. The second-order valence-corrected chi connectivity index (χ2v) is 10.6. The maximum absolute atomic E-state index is 12.9. The molecule has 184 valence electrons. The van der Waals surface area contributed by atoms with Crippen molar-refractivity contribution in [2.45, 2.75) is 13.5 Å². The molecule has 0 radical (unpaired) electrons. The van der Waals surface area contributed by atoms with Gasteiger partial charge in [0.15, 0.2) is 4.32 Å². The summed E-state index contributed by atoms with van der Waals surface area (Å²) in [5, 5.41) is 3.75. The summed E-state index contributed by atoms with van der Waals surface area (Å²) in [5.74, 6) is -0.182. The third kappa shape index (κ3) is 5.69. The number of ether oxygens (including phenoxy) is 1. The van der Waals surface area contributed by atoms with Crippen LogP contribution in [0.15, 0.2) is 89.8 Å². The zero-order valence-corrected chi connectivity index (χ0v) is 22.1. The van der Waals surface area contributed by atoms with E-state index >= 15 is 0 Å². The minimum atomic E-state index is -0.504. The fraction of sp³-hybridized carbons (Fsp3) is 0.0690. The number of aryl methyl sites for hydroxylation is 1. The first-order valence-corrected chi connectivity index (χ1v) is 13.0. The second kappa shape index (κ2) is 10.8. The minimum Gasteiger partial charge on any atom is -0.489 e. The molecule has 0 atom stereocenters. The molecule has 1 N–H and O–H groups in total. The van der Waals surface area contributed by atoms with E-state index in [1.54, 1.807) is 24.3 Å². The Balaban J connectivity index is 1.22. The number of rotatable bonds is 6. The summed E-state index contributed by atoms with van der Waals surface area (Å²) >= 11 is 12.6. The molecular formula is C29H21ClN2O3S2. The van der Waals surface area contributed by atoms with Crippen LogP contribution < -0.4 is 10.2 Å². The van der Waals surface area contributed by atoms with Crippen molar-refractivity contribution in [2.75, 3.05) is 0 Å². The fourth-order valence-electron chi connectivity index (χ4n) is 3.84. The Morgan fingerprint density at radius 3 is 2.54 bits per heavy atom. The highest BCUT2D eigenvalue weighted by Gasteiger charge is 2.34. The number of hydrazine groups is 1.